The molecule has 0 spiro atoms. The van der Waals surface area contributed by atoms with Crippen LogP contribution in [0.3, 0.4) is 0 Å². The summed E-state index contributed by atoms with van der Waals surface area (Å²) in [5, 5.41) is 23.4. The van der Waals surface area contributed by atoms with Gasteiger partial charge < -0.3 is 15.3 Å². The molecule has 0 aliphatic carbocycles. The SMILES string of the molecule is O=C(CO)SC(=O)C(O)CO. The van der Waals surface area contributed by atoms with Gasteiger partial charge in [0.2, 0.25) is 10.2 Å². The summed E-state index contributed by atoms with van der Waals surface area (Å²) in [7, 11) is 0. The van der Waals surface area contributed by atoms with Gasteiger partial charge in [-0.1, -0.05) is 0 Å². The first-order valence-electron chi connectivity index (χ1n) is 2.76. The number of aliphatic hydroxyl groups is 3. The predicted molar refractivity (Wildman–Crippen MR) is 37.8 cm³/mol. The molecule has 1 atom stereocenters. The second-order valence-electron chi connectivity index (χ2n) is 1.65. The van der Waals surface area contributed by atoms with Crippen LogP contribution in [-0.2, 0) is 9.59 Å². The highest BCUT2D eigenvalue weighted by Crippen LogP contribution is 2.05. The number of rotatable bonds is 3. The van der Waals surface area contributed by atoms with Crippen molar-refractivity contribution in [2.75, 3.05) is 13.2 Å². The van der Waals surface area contributed by atoms with E-state index in [-0.39, 0.29) is 11.8 Å². The molecule has 0 aromatic carbocycles. The van der Waals surface area contributed by atoms with Crippen molar-refractivity contribution in [2.45, 2.75) is 6.10 Å². The molecule has 0 amide bonds. The Kier molecular flexibility index (Phi) is 5.05. The molecule has 0 heterocycles. The van der Waals surface area contributed by atoms with Crippen LogP contribution in [0.1, 0.15) is 0 Å². The third-order valence-electron chi connectivity index (χ3n) is 0.789. The molecular formula is C5H8O5S. The van der Waals surface area contributed by atoms with Gasteiger partial charge in [0.05, 0.1) is 6.61 Å². The minimum Gasteiger partial charge on any atom is -0.393 e. The van der Waals surface area contributed by atoms with Crippen LogP contribution in [0, 0.1) is 0 Å². The minimum absolute atomic E-state index is 0.194. The van der Waals surface area contributed by atoms with Crippen molar-refractivity contribution in [1.29, 1.82) is 0 Å². The molecule has 3 N–H and O–H groups in total. The Morgan fingerprint density at radius 1 is 1.36 bits per heavy atom. The molecule has 0 aromatic heterocycles. The van der Waals surface area contributed by atoms with Gasteiger partial charge in [-0.25, -0.2) is 0 Å². The number of aliphatic hydroxyl groups excluding tert-OH is 3. The van der Waals surface area contributed by atoms with Crippen LogP contribution in [0.5, 0.6) is 0 Å². The van der Waals surface area contributed by atoms with Crippen LogP contribution in [0.15, 0.2) is 0 Å². The molecule has 0 saturated heterocycles. The largest absolute Gasteiger partial charge is 0.393 e. The number of carbonyl (C=O) groups excluding carboxylic acids is 2. The van der Waals surface area contributed by atoms with Gasteiger partial charge in [0.15, 0.2) is 0 Å². The van der Waals surface area contributed by atoms with E-state index in [1.807, 2.05) is 0 Å². The first kappa shape index (κ1) is 10.6. The van der Waals surface area contributed by atoms with E-state index >= 15 is 0 Å². The summed E-state index contributed by atoms with van der Waals surface area (Å²) in [6.07, 6.45) is -1.55. The molecular weight excluding hydrogens is 172 g/mol. The van der Waals surface area contributed by atoms with E-state index in [4.69, 9.17) is 15.3 Å². The summed E-state index contributed by atoms with van der Waals surface area (Å²) in [5.41, 5.74) is 0. The van der Waals surface area contributed by atoms with E-state index in [1.54, 1.807) is 0 Å². The van der Waals surface area contributed by atoms with E-state index in [2.05, 4.69) is 0 Å². The zero-order valence-corrected chi connectivity index (χ0v) is 6.37. The quantitative estimate of drug-likeness (QED) is 0.470. The maximum Gasteiger partial charge on any atom is 0.227 e. The second-order valence-corrected chi connectivity index (χ2v) is 2.71. The van der Waals surface area contributed by atoms with Gasteiger partial charge in [0, 0.05) is 0 Å². The Hall–Kier alpha value is -0.430. The fourth-order valence-corrected chi connectivity index (χ4v) is 0.787. The van der Waals surface area contributed by atoms with Crippen molar-refractivity contribution in [3.63, 3.8) is 0 Å². The Balaban J connectivity index is 3.77. The number of thioether (sulfide) groups is 1. The predicted octanol–water partition coefficient (Wildman–Crippen LogP) is -1.88. The van der Waals surface area contributed by atoms with Crippen LogP contribution in [0.4, 0.5) is 0 Å². The van der Waals surface area contributed by atoms with Crippen molar-refractivity contribution < 1.29 is 24.9 Å². The molecule has 0 aliphatic rings. The van der Waals surface area contributed by atoms with Gasteiger partial charge in [-0.05, 0) is 11.8 Å². The fraction of sp³-hybridized carbons (Fsp3) is 0.600. The summed E-state index contributed by atoms with van der Waals surface area (Å²) in [6, 6.07) is 0. The number of hydrogen-bond donors (Lipinski definition) is 3. The van der Waals surface area contributed by atoms with Crippen molar-refractivity contribution in [2.24, 2.45) is 0 Å². The van der Waals surface area contributed by atoms with E-state index in [9.17, 15) is 9.59 Å². The van der Waals surface area contributed by atoms with Gasteiger partial charge in [-0.2, -0.15) is 0 Å². The monoisotopic (exact) mass is 180 g/mol. The topological polar surface area (TPSA) is 94.8 Å². The standard InChI is InChI=1S/C5H8O5S/c6-1-3(8)5(10)11-4(9)2-7/h3,6-8H,1-2H2. The lowest BCUT2D eigenvalue weighted by Gasteiger charge is -2.02. The molecule has 0 radical (unpaired) electrons. The summed E-state index contributed by atoms with van der Waals surface area (Å²) in [6.45, 7) is -1.47. The van der Waals surface area contributed by atoms with Crippen LogP contribution in [-0.4, -0.2) is 44.9 Å². The second kappa shape index (κ2) is 5.25. The van der Waals surface area contributed by atoms with Gasteiger partial charge >= 0.3 is 0 Å². The summed E-state index contributed by atoms with van der Waals surface area (Å²) < 4.78 is 0. The Morgan fingerprint density at radius 3 is 2.27 bits per heavy atom. The van der Waals surface area contributed by atoms with Gasteiger partial charge in [0.1, 0.15) is 12.7 Å². The maximum absolute atomic E-state index is 10.6. The zero-order valence-electron chi connectivity index (χ0n) is 5.56. The van der Waals surface area contributed by atoms with Gasteiger partial charge in [-0.15, -0.1) is 0 Å². The molecule has 0 aromatic rings. The molecule has 0 fully saturated rings. The lowest BCUT2D eigenvalue weighted by Crippen LogP contribution is -2.23. The third-order valence-corrected chi connectivity index (χ3v) is 1.62. The van der Waals surface area contributed by atoms with Gasteiger partial charge in [-0.3, -0.25) is 9.59 Å². The van der Waals surface area contributed by atoms with Crippen molar-refractivity contribution >= 4 is 22.0 Å². The lowest BCUT2D eigenvalue weighted by atomic mass is 10.4. The smallest absolute Gasteiger partial charge is 0.227 e. The molecule has 0 aliphatic heterocycles. The van der Waals surface area contributed by atoms with Crippen LogP contribution >= 0.6 is 11.8 Å². The lowest BCUT2D eigenvalue weighted by molar-refractivity contribution is -0.120. The first-order valence-corrected chi connectivity index (χ1v) is 3.57. The summed E-state index contributed by atoms with van der Waals surface area (Å²) in [5.74, 6) is 0. The Labute approximate surface area is 67.0 Å². The van der Waals surface area contributed by atoms with E-state index in [1.165, 1.54) is 0 Å². The molecule has 1 unspecified atom stereocenters. The average molecular weight is 180 g/mol. The fourth-order valence-electron chi connectivity index (χ4n) is 0.287. The highest BCUT2D eigenvalue weighted by atomic mass is 32.2. The Morgan fingerprint density at radius 2 is 1.91 bits per heavy atom. The van der Waals surface area contributed by atoms with E-state index in [0.717, 1.165) is 0 Å². The third kappa shape index (κ3) is 4.10. The summed E-state index contributed by atoms with van der Waals surface area (Å²) in [4.78, 5) is 20.9. The molecule has 0 bridgehead atoms. The molecule has 0 saturated carbocycles. The van der Waals surface area contributed by atoms with Crippen LogP contribution in [0.2, 0.25) is 0 Å². The van der Waals surface area contributed by atoms with Crippen LogP contribution in [0.25, 0.3) is 0 Å². The highest BCUT2D eigenvalue weighted by molar-refractivity contribution is 8.26. The van der Waals surface area contributed by atoms with Gasteiger partial charge in [0.25, 0.3) is 0 Å². The molecule has 6 heteroatoms. The maximum atomic E-state index is 10.6. The normalized spacial score (nSPS) is 12.6. The van der Waals surface area contributed by atoms with Crippen molar-refractivity contribution in [1.82, 2.24) is 0 Å². The Bertz CT molecular complexity index is 157. The number of hydrogen-bond acceptors (Lipinski definition) is 6. The molecule has 5 nitrogen and oxygen atoms in total. The zero-order chi connectivity index (χ0) is 8.85. The van der Waals surface area contributed by atoms with E-state index in [0.29, 0.717) is 0 Å². The highest BCUT2D eigenvalue weighted by Gasteiger charge is 2.17. The van der Waals surface area contributed by atoms with Crippen molar-refractivity contribution in [3.8, 4) is 0 Å². The molecule has 11 heavy (non-hydrogen) atoms. The minimum atomic E-state index is -1.55. The first-order chi connectivity index (χ1) is 5.11. The summed E-state index contributed by atoms with van der Waals surface area (Å²) >= 11 is 0.194. The van der Waals surface area contributed by atoms with Crippen molar-refractivity contribution in [3.05, 3.63) is 0 Å². The molecule has 0 rings (SSSR count). The number of carbonyl (C=O) groups is 2. The molecule has 64 valence electrons. The van der Waals surface area contributed by atoms with E-state index < -0.39 is 29.5 Å². The average Bonchev–Trinajstić information content (AvgIpc) is 2.02. The van der Waals surface area contributed by atoms with Crippen LogP contribution < -0.4 is 0 Å².